The number of para-hydroxylation sites is 1. The fourth-order valence-electron chi connectivity index (χ4n) is 2.89. The van der Waals surface area contributed by atoms with Gasteiger partial charge in [-0.1, -0.05) is 74.9 Å². The Bertz CT molecular complexity index is 806. The van der Waals surface area contributed by atoms with Crippen LogP contribution in [0.25, 0.3) is 0 Å². The Morgan fingerprint density at radius 3 is 1.97 bits per heavy atom. The molecule has 0 N–H and O–H groups in total. The number of rotatable bonds is 13. The summed E-state index contributed by atoms with van der Waals surface area (Å²) in [6.07, 6.45) is 6.64. The van der Waals surface area contributed by atoms with Crippen LogP contribution >= 0.6 is 11.6 Å². The lowest BCUT2D eigenvalue weighted by Crippen LogP contribution is -2.17. The fourth-order valence-corrected chi connectivity index (χ4v) is 3.08. The van der Waals surface area contributed by atoms with Gasteiger partial charge in [0.1, 0.15) is 19.0 Å². The topological polar surface area (TPSA) is 61.8 Å². The van der Waals surface area contributed by atoms with Crippen molar-refractivity contribution in [2.24, 2.45) is 0 Å². The number of unbranched alkanes of at least 4 members (excludes halogenated alkanes) is 5. The molecule has 0 aliphatic heterocycles. The van der Waals surface area contributed by atoms with Crippen molar-refractivity contribution in [3.63, 3.8) is 0 Å². The third-order valence-corrected chi connectivity index (χ3v) is 4.82. The normalized spacial score (nSPS) is 10.5. The molecule has 0 unspecified atom stereocenters. The molecule has 2 rings (SSSR count). The minimum atomic E-state index is -0.593. The van der Waals surface area contributed by atoms with Gasteiger partial charge in [0.25, 0.3) is 0 Å². The summed E-state index contributed by atoms with van der Waals surface area (Å²) < 4.78 is 16.1. The van der Waals surface area contributed by atoms with E-state index in [1.165, 1.54) is 19.3 Å². The summed E-state index contributed by atoms with van der Waals surface area (Å²) in [5, 5.41) is 0.488. The summed E-state index contributed by atoms with van der Waals surface area (Å²) in [7, 11) is 0. The molecule has 2 aromatic rings. The Kier molecular flexibility index (Phi) is 10.8. The number of esters is 2. The Balaban J connectivity index is 1.78. The van der Waals surface area contributed by atoms with Gasteiger partial charge in [-0.05, 0) is 30.7 Å². The van der Waals surface area contributed by atoms with Gasteiger partial charge in [-0.15, -0.1) is 0 Å². The Labute approximate surface area is 183 Å². The van der Waals surface area contributed by atoms with E-state index in [0.717, 1.165) is 19.3 Å². The highest BCUT2D eigenvalue weighted by molar-refractivity contribution is 6.32. The molecule has 162 valence electrons. The van der Waals surface area contributed by atoms with E-state index in [2.05, 4.69) is 6.92 Å². The zero-order valence-electron chi connectivity index (χ0n) is 17.4. The molecule has 0 bridgehead atoms. The molecule has 0 spiro atoms. The first-order valence-corrected chi connectivity index (χ1v) is 10.8. The van der Waals surface area contributed by atoms with Crippen molar-refractivity contribution in [2.75, 3.05) is 19.8 Å². The van der Waals surface area contributed by atoms with Crippen LogP contribution < -0.4 is 4.74 Å². The predicted octanol–water partition coefficient (Wildman–Crippen LogP) is 6.09. The third-order valence-electron chi connectivity index (χ3n) is 4.51. The molecule has 0 aliphatic rings. The Morgan fingerprint density at radius 1 is 0.733 bits per heavy atom. The molecule has 0 heterocycles. The molecule has 5 nitrogen and oxygen atoms in total. The van der Waals surface area contributed by atoms with Crippen molar-refractivity contribution < 1.29 is 23.8 Å². The fraction of sp³-hybridized carbons (Fsp3) is 0.417. The molecule has 2 aromatic carbocycles. The quantitative estimate of drug-likeness (QED) is 0.283. The first-order valence-electron chi connectivity index (χ1n) is 10.4. The number of carbonyl (C=O) groups is 2. The number of carbonyl (C=O) groups excluding carboxylic acids is 2. The number of hydrogen-bond donors (Lipinski definition) is 0. The lowest BCUT2D eigenvalue weighted by atomic mass is 10.1. The molecule has 30 heavy (non-hydrogen) atoms. The van der Waals surface area contributed by atoms with E-state index in [-0.39, 0.29) is 24.3 Å². The van der Waals surface area contributed by atoms with Gasteiger partial charge in [-0.2, -0.15) is 0 Å². The largest absolute Gasteiger partial charge is 0.488 e. The lowest BCUT2D eigenvalue weighted by Gasteiger charge is -2.11. The van der Waals surface area contributed by atoms with Crippen LogP contribution in [0.2, 0.25) is 5.02 Å². The number of halogens is 1. The SMILES string of the molecule is CCCCCCCCOC(=O)c1ccccc1C(=O)OCCOc1ccccc1Cl. The molecule has 0 fully saturated rings. The zero-order chi connectivity index (χ0) is 21.6. The number of hydrogen-bond acceptors (Lipinski definition) is 5. The molecule has 0 saturated carbocycles. The monoisotopic (exact) mass is 432 g/mol. The van der Waals surface area contributed by atoms with E-state index in [4.69, 9.17) is 25.8 Å². The highest BCUT2D eigenvalue weighted by atomic mass is 35.5. The summed E-state index contributed by atoms with van der Waals surface area (Å²) in [4.78, 5) is 24.8. The van der Waals surface area contributed by atoms with Crippen LogP contribution in [0.15, 0.2) is 48.5 Å². The van der Waals surface area contributed by atoms with Crippen LogP contribution in [0.3, 0.4) is 0 Å². The van der Waals surface area contributed by atoms with Gasteiger partial charge in [0, 0.05) is 0 Å². The standard InChI is InChI=1S/C24H29ClO5/c1-2-3-4-5-6-11-16-29-23(26)19-12-7-8-13-20(19)24(27)30-18-17-28-22-15-10-9-14-21(22)25/h7-10,12-15H,2-6,11,16-18H2,1H3. The van der Waals surface area contributed by atoms with Gasteiger partial charge in [-0.25, -0.2) is 9.59 Å². The van der Waals surface area contributed by atoms with E-state index in [0.29, 0.717) is 17.4 Å². The van der Waals surface area contributed by atoms with Gasteiger partial charge in [-0.3, -0.25) is 0 Å². The van der Waals surface area contributed by atoms with Crippen LogP contribution in [-0.2, 0) is 9.47 Å². The summed E-state index contributed by atoms with van der Waals surface area (Å²) in [5.74, 6) is -0.581. The van der Waals surface area contributed by atoms with Gasteiger partial charge in [0.2, 0.25) is 0 Å². The third kappa shape index (κ3) is 8.07. The van der Waals surface area contributed by atoms with Crippen molar-refractivity contribution in [2.45, 2.75) is 45.4 Å². The average Bonchev–Trinajstić information content (AvgIpc) is 2.77. The summed E-state index contributed by atoms with van der Waals surface area (Å²) in [6.45, 7) is 2.71. The molecule has 0 aromatic heterocycles. The predicted molar refractivity (Wildman–Crippen MR) is 117 cm³/mol. The Morgan fingerprint density at radius 2 is 1.30 bits per heavy atom. The van der Waals surface area contributed by atoms with E-state index in [1.54, 1.807) is 48.5 Å². The highest BCUT2D eigenvalue weighted by Gasteiger charge is 2.19. The lowest BCUT2D eigenvalue weighted by molar-refractivity contribution is 0.0422. The first kappa shape index (κ1) is 23.7. The molecule has 0 radical (unpaired) electrons. The second-order valence-corrected chi connectivity index (χ2v) is 7.27. The van der Waals surface area contributed by atoms with Gasteiger partial charge >= 0.3 is 11.9 Å². The first-order chi connectivity index (χ1) is 14.6. The maximum atomic E-state index is 12.4. The summed E-state index contributed by atoms with van der Waals surface area (Å²) >= 11 is 6.02. The highest BCUT2D eigenvalue weighted by Crippen LogP contribution is 2.22. The van der Waals surface area contributed by atoms with Crippen molar-refractivity contribution >= 4 is 23.5 Å². The second kappa shape index (κ2) is 13.6. The molecular weight excluding hydrogens is 404 g/mol. The van der Waals surface area contributed by atoms with Gasteiger partial charge < -0.3 is 14.2 Å². The van der Waals surface area contributed by atoms with E-state index in [1.807, 2.05) is 0 Å². The minimum Gasteiger partial charge on any atom is -0.488 e. The maximum absolute atomic E-state index is 12.4. The van der Waals surface area contributed by atoms with E-state index in [9.17, 15) is 9.59 Å². The Hall–Kier alpha value is -2.53. The summed E-state index contributed by atoms with van der Waals surface area (Å²) in [5.41, 5.74) is 0.392. The van der Waals surface area contributed by atoms with Crippen molar-refractivity contribution in [1.29, 1.82) is 0 Å². The van der Waals surface area contributed by atoms with Crippen LogP contribution in [0.5, 0.6) is 5.75 Å². The van der Waals surface area contributed by atoms with Crippen LogP contribution in [0.4, 0.5) is 0 Å². The number of ether oxygens (including phenoxy) is 3. The van der Waals surface area contributed by atoms with Crippen molar-refractivity contribution in [3.05, 3.63) is 64.7 Å². The van der Waals surface area contributed by atoms with Crippen molar-refractivity contribution in [1.82, 2.24) is 0 Å². The number of benzene rings is 2. The maximum Gasteiger partial charge on any atom is 0.339 e. The van der Waals surface area contributed by atoms with Crippen LogP contribution in [0, 0.1) is 0 Å². The second-order valence-electron chi connectivity index (χ2n) is 6.86. The molecule has 0 amide bonds. The average molecular weight is 433 g/mol. The van der Waals surface area contributed by atoms with E-state index >= 15 is 0 Å². The molecular formula is C24H29ClO5. The molecule has 0 saturated heterocycles. The van der Waals surface area contributed by atoms with Crippen molar-refractivity contribution in [3.8, 4) is 5.75 Å². The van der Waals surface area contributed by atoms with Gasteiger partial charge in [0.15, 0.2) is 0 Å². The smallest absolute Gasteiger partial charge is 0.339 e. The zero-order valence-corrected chi connectivity index (χ0v) is 18.2. The van der Waals surface area contributed by atoms with Gasteiger partial charge in [0.05, 0.1) is 22.8 Å². The van der Waals surface area contributed by atoms with E-state index < -0.39 is 11.9 Å². The van der Waals surface area contributed by atoms with Crippen LogP contribution in [0.1, 0.15) is 66.2 Å². The van der Waals surface area contributed by atoms with Crippen LogP contribution in [-0.4, -0.2) is 31.8 Å². The minimum absolute atomic E-state index is 0.0329. The molecule has 0 atom stereocenters. The molecule has 0 aliphatic carbocycles. The molecule has 6 heteroatoms. The summed E-state index contributed by atoms with van der Waals surface area (Å²) in [6, 6.07) is 13.6.